The number of fused-ring (bicyclic) bond motifs is 1. The van der Waals surface area contributed by atoms with E-state index in [-0.39, 0.29) is 18.9 Å². The molecule has 2 aliphatic rings. The zero-order valence-electron chi connectivity index (χ0n) is 19.9. The molecule has 0 amide bonds. The van der Waals surface area contributed by atoms with Gasteiger partial charge in [-0.25, -0.2) is 0 Å². The van der Waals surface area contributed by atoms with Crippen molar-refractivity contribution in [2.75, 3.05) is 11.7 Å². The van der Waals surface area contributed by atoms with Gasteiger partial charge in [-0.15, -0.1) is 0 Å². The number of aromatic nitrogens is 2. The van der Waals surface area contributed by atoms with Crippen molar-refractivity contribution in [3.05, 3.63) is 101 Å². The van der Waals surface area contributed by atoms with Crippen LogP contribution in [0.15, 0.2) is 72.9 Å². The summed E-state index contributed by atoms with van der Waals surface area (Å²) in [7, 11) is 0. The Bertz CT molecular complexity index is 1420. The molecule has 0 saturated carbocycles. The predicted molar refractivity (Wildman–Crippen MR) is 140 cm³/mol. The number of nitrogens with zero attached hydrogens (tertiary/aromatic N) is 3. The molecule has 0 aliphatic carbocycles. The van der Waals surface area contributed by atoms with Crippen molar-refractivity contribution in [2.24, 2.45) is 0 Å². The molecule has 1 fully saturated rings. The minimum absolute atomic E-state index is 0.0959. The first-order chi connectivity index (χ1) is 17.0. The zero-order chi connectivity index (χ0) is 24.1. The molecule has 1 saturated heterocycles. The largest absolute Gasteiger partial charge is 0.454 e. The lowest BCUT2D eigenvalue weighted by molar-refractivity contribution is 0.174. The molecule has 35 heavy (non-hydrogen) atoms. The Labute approximate surface area is 210 Å². The summed E-state index contributed by atoms with van der Waals surface area (Å²) in [6.45, 7) is 6.81. The van der Waals surface area contributed by atoms with Crippen molar-refractivity contribution < 1.29 is 9.47 Å². The van der Waals surface area contributed by atoms with E-state index in [0.717, 1.165) is 28.6 Å². The highest BCUT2D eigenvalue weighted by Crippen LogP contribution is 2.47. The molecule has 6 rings (SSSR count). The fourth-order valence-electron chi connectivity index (χ4n) is 5.37. The van der Waals surface area contributed by atoms with Gasteiger partial charge in [-0.05, 0) is 75.0 Å². The molecule has 2 aromatic carbocycles. The third kappa shape index (κ3) is 3.46. The first-order valence-corrected chi connectivity index (χ1v) is 12.1. The summed E-state index contributed by atoms with van der Waals surface area (Å²) >= 11 is 5.93. The number of thiocarbonyl (C=S) groups is 1. The molecule has 2 aromatic heterocycles. The fourth-order valence-corrected chi connectivity index (χ4v) is 5.71. The van der Waals surface area contributed by atoms with Gasteiger partial charge in [0, 0.05) is 40.6 Å². The number of ether oxygens (including phenoxy) is 2. The normalized spacial score (nSPS) is 18.7. The first kappa shape index (κ1) is 21.7. The van der Waals surface area contributed by atoms with Crippen LogP contribution < -0.4 is 19.7 Å². The highest BCUT2D eigenvalue weighted by molar-refractivity contribution is 7.80. The number of hydrogen-bond donors (Lipinski definition) is 1. The standard InChI is InChI=1S/C28H26N4O2S/c1-17-18(2)31(20-9-5-4-6-10-20)19(3)25(17)27-26(22-11-7-8-14-29-22)30-28(35)32(27)21-12-13-23-24(15-21)34-16-33-23/h4-15,26-27H,16H2,1-3H3,(H,30,35)/t26-,27-/m1/s1. The number of hydrogen-bond acceptors (Lipinski definition) is 4. The number of nitrogens with one attached hydrogen (secondary N) is 1. The van der Waals surface area contributed by atoms with Gasteiger partial charge in [0.05, 0.1) is 17.8 Å². The van der Waals surface area contributed by atoms with Crippen molar-refractivity contribution in [3.8, 4) is 17.2 Å². The van der Waals surface area contributed by atoms with E-state index in [1.807, 2.05) is 42.6 Å². The van der Waals surface area contributed by atoms with Crippen LogP contribution in [0.4, 0.5) is 5.69 Å². The molecular formula is C28H26N4O2S. The molecule has 4 aromatic rings. The molecule has 0 unspecified atom stereocenters. The first-order valence-electron chi connectivity index (χ1n) is 11.7. The van der Waals surface area contributed by atoms with E-state index in [1.54, 1.807) is 0 Å². The maximum absolute atomic E-state index is 5.93. The van der Waals surface area contributed by atoms with E-state index in [4.69, 9.17) is 26.7 Å². The quantitative estimate of drug-likeness (QED) is 0.377. The smallest absolute Gasteiger partial charge is 0.231 e. The summed E-state index contributed by atoms with van der Waals surface area (Å²) in [5.74, 6) is 1.49. The van der Waals surface area contributed by atoms with Gasteiger partial charge < -0.3 is 24.3 Å². The number of benzene rings is 2. The van der Waals surface area contributed by atoms with Gasteiger partial charge in [-0.3, -0.25) is 4.98 Å². The Morgan fingerprint density at radius 1 is 0.886 bits per heavy atom. The lowest BCUT2D eigenvalue weighted by Crippen LogP contribution is -2.29. The lowest BCUT2D eigenvalue weighted by atomic mass is 9.93. The topological polar surface area (TPSA) is 51.6 Å². The summed E-state index contributed by atoms with van der Waals surface area (Å²) in [5.41, 5.74) is 7.95. The fraction of sp³-hybridized carbons (Fsp3) is 0.214. The molecular weight excluding hydrogens is 456 g/mol. The second-order valence-electron chi connectivity index (χ2n) is 8.91. The molecule has 0 spiro atoms. The van der Waals surface area contributed by atoms with Crippen molar-refractivity contribution in [1.82, 2.24) is 14.9 Å². The maximum atomic E-state index is 5.93. The zero-order valence-corrected chi connectivity index (χ0v) is 20.7. The van der Waals surface area contributed by atoms with Crippen LogP contribution in [0.5, 0.6) is 11.5 Å². The van der Waals surface area contributed by atoms with Crippen molar-refractivity contribution in [1.29, 1.82) is 0 Å². The van der Waals surface area contributed by atoms with Gasteiger partial charge >= 0.3 is 0 Å². The Morgan fingerprint density at radius 3 is 2.43 bits per heavy atom. The highest BCUT2D eigenvalue weighted by Gasteiger charge is 2.43. The molecule has 2 atom stereocenters. The molecule has 6 nitrogen and oxygen atoms in total. The van der Waals surface area contributed by atoms with Crippen LogP contribution in [0, 0.1) is 20.8 Å². The van der Waals surface area contributed by atoms with E-state index < -0.39 is 0 Å². The van der Waals surface area contributed by atoms with Crippen molar-refractivity contribution >= 4 is 23.0 Å². The molecule has 176 valence electrons. The van der Waals surface area contributed by atoms with Crippen LogP contribution in [-0.2, 0) is 0 Å². The molecule has 1 N–H and O–H groups in total. The summed E-state index contributed by atoms with van der Waals surface area (Å²) in [5, 5.41) is 4.23. The minimum atomic E-state index is -0.113. The lowest BCUT2D eigenvalue weighted by Gasteiger charge is -2.29. The van der Waals surface area contributed by atoms with E-state index in [1.165, 1.54) is 22.5 Å². The highest BCUT2D eigenvalue weighted by atomic mass is 32.1. The van der Waals surface area contributed by atoms with Crippen LogP contribution in [0.2, 0.25) is 0 Å². The van der Waals surface area contributed by atoms with Gasteiger partial charge in [-0.2, -0.15) is 0 Å². The monoisotopic (exact) mass is 482 g/mol. The van der Waals surface area contributed by atoms with Crippen LogP contribution in [0.3, 0.4) is 0 Å². The van der Waals surface area contributed by atoms with Gasteiger partial charge in [0.15, 0.2) is 16.6 Å². The van der Waals surface area contributed by atoms with Gasteiger partial charge in [-0.1, -0.05) is 24.3 Å². The molecule has 0 radical (unpaired) electrons. The second-order valence-corrected chi connectivity index (χ2v) is 9.30. The van der Waals surface area contributed by atoms with Crippen LogP contribution >= 0.6 is 12.2 Å². The molecule has 0 bridgehead atoms. The third-order valence-electron chi connectivity index (χ3n) is 7.05. The maximum Gasteiger partial charge on any atom is 0.231 e. The van der Waals surface area contributed by atoms with Crippen LogP contribution in [0.25, 0.3) is 5.69 Å². The molecule has 4 heterocycles. The Morgan fingerprint density at radius 2 is 1.66 bits per heavy atom. The van der Waals surface area contributed by atoms with E-state index in [9.17, 15) is 0 Å². The average molecular weight is 483 g/mol. The van der Waals surface area contributed by atoms with Crippen LogP contribution in [-0.4, -0.2) is 21.5 Å². The summed E-state index contributed by atoms with van der Waals surface area (Å²) < 4.78 is 13.6. The Kier molecular flexibility index (Phi) is 5.22. The number of pyridine rings is 1. The number of para-hydroxylation sites is 1. The minimum Gasteiger partial charge on any atom is -0.454 e. The SMILES string of the molecule is Cc1c([C@@H]2[C@@H](c3ccccn3)NC(=S)N2c2ccc3c(c2)OCO3)c(C)n(-c2ccccc2)c1C. The Balaban J connectivity index is 1.55. The molecule has 7 heteroatoms. The van der Waals surface area contributed by atoms with Crippen molar-refractivity contribution in [3.63, 3.8) is 0 Å². The van der Waals surface area contributed by atoms with Gasteiger partial charge in [0.2, 0.25) is 6.79 Å². The average Bonchev–Trinajstić information content (AvgIpc) is 3.54. The third-order valence-corrected chi connectivity index (χ3v) is 7.36. The van der Waals surface area contributed by atoms with Gasteiger partial charge in [0.25, 0.3) is 0 Å². The Hall–Kier alpha value is -3.84. The van der Waals surface area contributed by atoms with Gasteiger partial charge in [0.1, 0.15) is 0 Å². The molecule has 2 aliphatic heterocycles. The number of rotatable bonds is 4. The number of anilines is 1. The van der Waals surface area contributed by atoms with E-state index >= 15 is 0 Å². The summed E-state index contributed by atoms with van der Waals surface area (Å²) in [4.78, 5) is 6.90. The van der Waals surface area contributed by atoms with E-state index in [0.29, 0.717) is 5.11 Å². The predicted octanol–water partition coefficient (Wildman–Crippen LogP) is 5.70. The van der Waals surface area contributed by atoms with Crippen LogP contribution in [0.1, 0.15) is 40.3 Å². The van der Waals surface area contributed by atoms with Crippen molar-refractivity contribution in [2.45, 2.75) is 32.9 Å². The summed E-state index contributed by atoms with van der Waals surface area (Å²) in [6.07, 6.45) is 1.83. The second kappa shape index (κ2) is 8.43. The summed E-state index contributed by atoms with van der Waals surface area (Å²) in [6, 6.07) is 22.3. The van der Waals surface area contributed by atoms with E-state index in [2.05, 4.69) is 65.9 Å².